The van der Waals surface area contributed by atoms with Gasteiger partial charge in [-0.05, 0) is 54.3 Å². The Morgan fingerprint density at radius 2 is 1.66 bits per heavy atom. The average molecular weight is 599 g/mol. The summed E-state index contributed by atoms with van der Waals surface area (Å²) in [5.41, 5.74) is 3.15. The summed E-state index contributed by atoms with van der Waals surface area (Å²) in [7, 11) is -2.31. The summed E-state index contributed by atoms with van der Waals surface area (Å²) >= 11 is 3.35. The van der Waals surface area contributed by atoms with Crippen molar-refractivity contribution in [1.82, 2.24) is 14.2 Å². The zero-order chi connectivity index (χ0) is 27.0. The molecule has 1 N–H and O–H groups in total. The van der Waals surface area contributed by atoms with E-state index in [0.717, 1.165) is 26.5 Å². The highest BCUT2D eigenvalue weighted by Crippen LogP contribution is 2.21. The van der Waals surface area contributed by atoms with Crippen LogP contribution in [0.2, 0.25) is 0 Å². The molecule has 38 heavy (non-hydrogen) atoms. The zero-order valence-corrected chi connectivity index (χ0v) is 23.7. The van der Waals surface area contributed by atoms with Crippen molar-refractivity contribution in [2.45, 2.75) is 24.3 Å². The van der Waals surface area contributed by atoms with Gasteiger partial charge >= 0.3 is 0 Å². The Morgan fingerprint density at radius 1 is 0.947 bits per heavy atom. The molecule has 0 unspecified atom stereocenters. The Bertz CT molecular complexity index is 1440. The molecular weight excluding hydrogens is 566 g/mol. The van der Waals surface area contributed by atoms with Crippen LogP contribution in [-0.4, -0.2) is 61.9 Å². The van der Waals surface area contributed by atoms with Gasteiger partial charge in [-0.15, -0.1) is 0 Å². The maximum atomic E-state index is 13.7. The smallest absolute Gasteiger partial charge is 0.243 e. The molecule has 1 aromatic heterocycles. The number of para-hydroxylation sites is 1. The zero-order valence-electron chi connectivity index (χ0n) is 21.3. The molecular formula is C29H32BrN3O4S. The number of aromatic amines is 1. The molecule has 0 aliphatic rings. The van der Waals surface area contributed by atoms with Crippen molar-refractivity contribution in [3.63, 3.8) is 0 Å². The third-order valence-electron chi connectivity index (χ3n) is 6.41. The number of hydrogen-bond donors (Lipinski definition) is 1. The second-order valence-electron chi connectivity index (χ2n) is 9.05. The lowest BCUT2D eigenvalue weighted by Crippen LogP contribution is -2.43. The SMILES string of the molecule is COCCCN(CC(=O)N(CCc1c[nH]c2ccccc12)Cc1ccccc1)S(=O)(=O)c1ccc(Br)cc1. The maximum absolute atomic E-state index is 13.7. The molecule has 0 bridgehead atoms. The third-order valence-corrected chi connectivity index (χ3v) is 8.80. The number of carbonyl (C=O) groups is 1. The first-order valence-corrected chi connectivity index (χ1v) is 14.7. The number of nitrogens with one attached hydrogen (secondary N) is 1. The fraction of sp³-hybridized carbons (Fsp3) is 0.276. The monoisotopic (exact) mass is 597 g/mol. The standard InChI is InChI=1S/C29H32BrN3O4S/c1-37-19-7-17-33(38(35,36)26-14-12-25(30)13-15-26)22-29(34)32(21-23-8-3-2-4-9-23)18-16-24-20-31-28-11-6-5-10-27(24)28/h2-6,8-15,20,31H,7,16-19,21-22H2,1H3. The van der Waals surface area contributed by atoms with Crippen molar-refractivity contribution in [3.05, 3.63) is 101 Å². The van der Waals surface area contributed by atoms with E-state index < -0.39 is 10.0 Å². The van der Waals surface area contributed by atoms with Crippen molar-refractivity contribution in [2.75, 3.05) is 33.4 Å². The summed E-state index contributed by atoms with van der Waals surface area (Å²) < 4.78 is 34.3. The molecule has 7 nitrogen and oxygen atoms in total. The van der Waals surface area contributed by atoms with E-state index in [1.807, 2.05) is 54.7 Å². The number of amides is 1. The minimum absolute atomic E-state index is 0.152. The first kappa shape index (κ1) is 28.0. The molecule has 9 heteroatoms. The predicted molar refractivity (Wildman–Crippen MR) is 153 cm³/mol. The molecule has 0 aliphatic heterocycles. The van der Waals surface area contributed by atoms with Gasteiger partial charge in [0.15, 0.2) is 0 Å². The number of nitrogens with zero attached hydrogens (tertiary/aromatic N) is 2. The highest BCUT2D eigenvalue weighted by atomic mass is 79.9. The van der Waals surface area contributed by atoms with Crippen LogP contribution in [0.15, 0.2) is 94.4 Å². The van der Waals surface area contributed by atoms with E-state index in [-0.39, 0.29) is 23.9 Å². The van der Waals surface area contributed by atoms with E-state index in [2.05, 4.69) is 27.0 Å². The number of fused-ring (bicyclic) bond motifs is 1. The number of carbonyl (C=O) groups excluding carboxylic acids is 1. The maximum Gasteiger partial charge on any atom is 0.243 e. The highest BCUT2D eigenvalue weighted by Gasteiger charge is 2.28. The number of halogens is 1. The van der Waals surface area contributed by atoms with Crippen LogP contribution in [0.5, 0.6) is 0 Å². The van der Waals surface area contributed by atoms with Crippen LogP contribution in [0.3, 0.4) is 0 Å². The summed E-state index contributed by atoms with van der Waals surface area (Å²) in [6, 6.07) is 24.3. The van der Waals surface area contributed by atoms with Crippen LogP contribution in [0, 0.1) is 0 Å². The molecule has 0 aliphatic carbocycles. The predicted octanol–water partition coefficient (Wildman–Crippen LogP) is 5.23. The van der Waals surface area contributed by atoms with E-state index in [1.165, 1.54) is 4.31 Å². The second-order valence-corrected chi connectivity index (χ2v) is 11.9. The van der Waals surface area contributed by atoms with Crippen LogP contribution in [0.1, 0.15) is 17.5 Å². The van der Waals surface area contributed by atoms with Gasteiger partial charge in [0.1, 0.15) is 0 Å². The Hall–Kier alpha value is -2.98. The van der Waals surface area contributed by atoms with Gasteiger partial charge in [0.25, 0.3) is 0 Å². The summed E-state index contributed by atoms with van der Waals surface area (Å²) in [6.07, 6.45) is 3.10. The van der Waals surface area contributed by atoms with E-state index >= 15 is 0 Å². The molecule has 1 heterocycles. The van der Waals surface area contributed by atoms with Gasteiger partial charge in [-0.1, -0.05) is 64.5 Å². The molecule has 0 saturated carbocycles. The first-order chi connectivity index (χ1) is 18.4. The van der Waals surface area contributed by atoms with Crippen LogP contribution in [0.4, 0.5) is 0 Å². The Labute approximate surface area is 232 Å². The molecule has 200 valence electrons. The van der Waals surface area contributed by atoms with E-state index in [1.54, 1.807) is 36.3 Å². The topological polar surface area (TPSA) is 82.7 Å². The molecule has 4 rings (SSSR count). The number of methoxy groups -OCH3 is 1. The quantitative estimate of drug-likeness (QED) is 0.214. The average Bonchev–Trinajstić information content (AvgIpc) is 3.34. The van der Waals surface area contributed by atoms with E-state index in [9.17, 15) is 13.2 Å². The van der Waals surface area contributed by atoms with Gasteiger partial charge in [-0.25, -0.2) is 8.42 Å². The number of sulfonamides is 1. The van der Waals surface area contributed by atoms with Crippen molar-refractivity contribution >= 4 is 42.8 Å². The molecule has 3 aromatic carbocycles. The van der Waals surface area contributed by atoms with Crippen LogP contribution in [-0.2, 0) is 32.5 Å². The molecule has 1 amide bonds. The second kappa shape index (κ2) is 13.2. The lowest BCUT2D eigenvalue weighted by Gasteiger charge is -2.27. The molecule has 0 spiro atoms. The Balaban J connectivity index is 1.57. The summed E-state index contributed by atoms with van der Waals surface area (Å²) in [6.45, 7) is 1.18. The lowest BCUT2D eigenvalue weighted by atomic mass is 10.1. The van der Waals surface area contributed by atoms with Gasteiger partial charge in [0.2, 0.25) is 15.9 Å². The van der Waals surface area contributed by atoms with Crippen LogP contribution >= 0.6 is 15.9 Å². The molecule has 0 radical (unpaired) electrons. The lowest BCUT2D eigenvalue weighted by molar-refractivity contribution is -0.132. The number of rotatable bonds is 13. The molecule has 4 aromatic rings. The fourth-order valence-electron chi connectivity index (χ4n) is 4.37. The van der Waals surface area contributed by atoms with Crippen LogP contribution in [0.25, 0.3) is 10.9 Å². The van der Waals surface area contributed by atoms with Gasteiger partial charge < -0.3 is 14.6 Å². The Kier molecular flexibility index (Phi) is 9.74. The van der Waals surface area contributed by atoms with Crippen molar-refractivity contribution in [2.24, 2.45) is 0 Å². The Morgan fingerprint density at radius 3 is 2.39 bits per heavy atom. The summed E-state index contributed by atoms with van der Waals surface area (Å²) in [5, 5.41) is 1.12. The number of ether oxygens (including phenoxy) is 1. The summed E-state index contributed by atoms with van der Waals surface area (Å²) in [4.78, 5) is 18.9. The van der Waals surface area contributed by atoms with E-state index in [0.29, 0.717) is 32.5 Å². The summed E-state index contributed by atoms with van der Waals surface area (Å²) in [5.74, 6) is -0.244. The van der Waals surface area contributed by atoms with Gasteiger partial charge in [-0.2, -0.15) is 4.31 Å². The van der Waals surface area contributed by atoms with Crippen molar-refractivity contribution in [3.8, 4) is 0 Å². The molecule has 0 atom stereocenters. The largest absolute Gasteiger partial charge is 0.385 e. The normalized spacial score (nSPS) is 11.8. The molecule has 0 saturated heterocycles. The van der Waals surface area contributed by atoms with Crippen LogP contribution < -0.4 is 0 Å². The van der Waals surface area contributed by atoms with Gasteiger partial charge in [0, 0.05) is 54.9 Å². The number of hydrogen-bond acceptors (Lipinski definition) is 4. The molecule has 0 fully saturated rings. The highest BCUT2D eigenvalue weighted by molar-refractivity contribution is 9.10. The van der Waals surface area contributed by atoms with E-state index in [4.69, 9.17) is 4.74 Å². The van der Waals surface area contributed by atoms with Gasteiger partial charge in [0.05, 0.1) is 11.4 Å². The third kappa shape index (κ3) is 7.11. The number of aromatic nitrogens is 1. The van der Waals surface area contributed by atoms with Crippen molar-refractivity contribution < 1.29 is 17.9 Å². The number of benzene rings is 3. The minimum Gasteiger partial charge on any atom is -0.385 e. The van der Waals surface area contributed by atoms with Gasteiger partial charge in [-0.3, -0.25) is 4.79 Å². The first-order valence-electron chi connectivity index (χ1n) is 12.5. The number of H-pyrrole nitrogens is 1. The van der Waals surface area contributed by atoms with Crippen molar-refractivity contribution in [1.29, 1.82) is 0 Å². The minimum atomic E-state index is -3.88. The fourth-order valence-corrected chi connectivity index (χ4v) is 6.06.